The van der Waals surface area contributed by atoms with Gasteiger partial charge in [0.05, 0.1) is 0 Å². The first kappa shape index (κ1) is 13.6. The Morgan fingerprint density at radius 1 is 1.16 bits per heavy atom. The Labute approximate surface area is 121 Å². The number of carbonyl (C=O) groups excluding carboxylic acids is 1. The number of halogens is 1. The average Bonchev–Trinajstić information content (AvgIpc) is 2.39. The van der Waals surface area contributed by atoms with Crippen LogP contribution in [0.2, 0.25) is 0 Å². The highest BCUT2D eigenvalue weighted by Gasteiger charge is 2.19. The van der Waals surface area contributed by atoms with Gasteiger partial charge in [0.1, 0.15) is 6.04 Å². The fourth-order valence-corrected chi connectivity index (χ4v) is 2.34. The number of nitrogens with two attached hydrogens (primary N) is 1. The molecule has 0 aliphatic heterocycles. The van der Waals surface area contributed by atoms with Gasteiger partial charge >= 0.3 is 0 Å². The summed E-state index contributed by atoms with van der Waals surface area (Å²) in [5.41, 5.74) is 8.36. The van der Waals surface area contributed by atoms with Gasteiger partial charge in [-0.2, -0.15) is 0 Å². The third-order valence-electron chi connectivity index (χ3n) is 2.86. The smallest absolute Gasteiger partial charge is 0.244 e. The zero-order valence-corrected chi connectivity index (χ0v) is 12.1. The molecule has 0 saturated heterocycles. The minimum atomic E-state index is -0.557. The van der Waals surface area contributed by atoms with Crippen LogP contribution < -0.4 is 11.1 Å². The van der Waals surface area contributed by atoms with Gasteiger partial charge in [-0.3, -0.25) is 4.79 Å². The Morgan fingerprint density at radius 2 is 1.79 bits per heavy atom. The molecule has 0 heterocycles. The normalized spacial score (nSPS) is 11.9. The largest absolute Gasteiger partial charge is 0.370 e. The molecule has 0 bridgehead atoms. The molecule has 1 amide bonds. The van der Waals surface area contributed by atoms with Gasteiger partial charge in [0, 0.05) is 10.2 Å². The maximum Gasteiger partial charge on any atom is 0.244 e. The Morgan fingerprint density at radius 3 is 2.37 bits per heavy atom. The molecule has 1 unspecified atom stereocenters. The molecule has 0 aromatic heterocycles. The Hall–Kier alpha value is -1.81. The van der Waals surface area contributed by atoms with Gasteiger partial charge < -0.3 is 11.1 Å². The molecule has 0 aliphatic rings. The minimum Gasteiger partial charge on any atom is -0.370 e. The molecule has 2 aromatic rings. The van der Waals surface area contributed by atoms with E-state index >= 15 is 0 Å². The second-order valence-corrected chi connectivity index (χ2v) is 5.22. The summed E-state index contributed by atoms with van der Waals surface area (Å²) < 4.78 is 0.860. The third kappa shape index (κ3) is 3.35. The lowest BCUT2D eigenvalue weighted by Crippen LogP contribution is -2.28. The molecule has 0 fully saturated rings. The maximum atomic E-state index is 11.7. The van der Waals surface area contributed by atoms with Crippen LogP contribution in [0.15, 0.2) is 53.0 Å². The number of nitrogens with one attached hydrogen (secondary N) is 1. The van der Waals surface area contributed by atoms with Crippen LogP contribution in [0.1, 0.15) is 17.2 Å². The quantitative estimate of drug-likeness (QED) is 0.907. The van der Waals surface area contributed by atoms with Crippen molar-refractivity contribution in [1.82, 2.24) is 0 Å². The van der Waals surface area contributed by atoms with Crippen LogP contribution in [0.25, 0.3) is 0 Å². The zero-order valence-electron chi connectivity index (χ0n) is 10.6. The van der Waals surface area contributed by atoms with Gasteiger partial charge in [0.15, 0.2) is 0 Å². The van der Waals surface area contributed by atoms with Crippen molar-refractivity contribution in [1.29, 1.82) is 0 Å². The first-order valence-electron chi connectivity index (χ1n) is 5.95. The van der Waals surface area contributed by atoms with E-state index in [1.165, 1.54) is 5.56 Å². The summed E-state index contributed by atoms with van der Waals surface area (Å²) in [6.07, 6.45) is 0. The third-order valence-corrected chi connectivity index (χ3v) is 3.59. The lowest BCUT2D eigenvalue weighted by Gasteiger charge is -2.18. The molecule has 3 N–H and O–H groups in total. The van der Waals surface area contributed by atoms with Crippen molar-refractivity contribution in [2.45, 2.75) is 13.0 Å². The molecule has 2 aromatic carbocycles. The number of amides is 1. The molecule has 19 heavy (non-hydrogen) atoms. The van der Waals surface area contributed by atoms with Crippen molar-refractivity contribution in [2.24, 2.45) is 5.73 Å². The van der Waals surface area contributed by atoms with Crippen molar-refractivity contribution >= 4 is 27.5 Å². The van der Waals surface area contributed by atoms with E-state index in [9.17, 15) is 4.79 Å². The molecule has 0 aliphatic carbocycles. The van der Waals surface area contributed by atoms with Crippen molar-refractivity contribution in [3.05, 3.63) is 64.1 Å². The Kier molecular flexibility index (Phi) is 4.22. The number of rotatable bonds is 4. The summed E-state index contributed by atoms with van der Waals surface area (Å²) in [5.74, 6) is -0.410. The number of primary amides is 1. The van der Waals surface area contributed by atoms with Crippen LogP contribution in [0.3, 0.4) is 0 Å². The fourth-order valence-electron chi connectivity index (χ4n) is 1.83. The van der Waals surface area contributed by atoms with Crippen LogP contribution >= 0.6 is 15.9 Å². The lowest BCUT2D eigenvalue weighted by molar-refractivity contribution is -0.118. The minimum absolute atomic E-state index is 0.410. The first-order valence-corrected chi connectivity index (χ1v) is 6.74. The Bertz CT molecular complexity index is 581. The van der Waals surface area contributed by atoms with Crippen molar-refractivity contribution in [3.63, 3.8) is 0 Å². The topological polar surface area (TPSA) is 55.1 Å². The van der Waals surface area contributed by atoms with Gasteiger partial charge in [-0.25, -0.2) is 0 Å². The summed E-state index contributed by atoms with van der Waals surface area (Å²) >= 11 is 3.44. The molecule has 0 saturated carbocycles. The average molecular weight is 319 g/mol. The highest BCUT2D eigenvalue weighted by molar-refractivity contribution is 9.10. The van der Waals surface area contributed by atoms with E-state index in [1.54, 1.807) is 0 Å². The van der Waals surface area contributed by atoms with E-state index in [0.717, 1.165) is 15.7 Å². The summed E-state index contributed by atoms with van der Waals surface area (Å²) in [6.45, 7) is 2.02. The van der Waals surface area contributed by atoms with Crippen molar-refractivity contribution in [3.8, 4) is 0 Å². The van der Waals surface area contributed by atoms with Crippen molar-refractivity contribution < 1.29 is 4.79 Å². The molecule has 1 atom stereocenters. The van der Waals surface area contributed by atoms with E-state index < -0.39 is 11.9 Å². The molecule has 4 heteroatoms. The van der Waals surface area contributed by atoms with E-state index in [2.05, 4.69) is 21.2 Å². The predicted octanol–water partition coefficient (Wildman–Crippen LogP) is 3.40. The van der Waals surface area contributed by atoms with Crippen LogP contribution in [-0.4, -0.2) is 5.91 Å². The summed E-state index contributed by atoms with van der Waals surface area (Å²) in [5, 5.41) is 3.16. The number of hydrogen-bond acceptors (Lipinski definition) is 2. The van der Waals surface area contributed by atoms with E-state index in [1.807, 2.05) is 55.5 Å². The predicted molar refractivity (Wildman–Crippen MR) is 80.9 cm³/mol. The number of anilines is 1. The van der Waals surface area contributed by atoms with Gasteiger partial charge in [0.2, 0.25) is 5.91 Å². The molecule has 3 nitrogen and oxygen atoms in total. The highest BCUT2D eigenvalue weighted by atomic mass is 79.9. The number of aryl methyl sites for hydroxylation is 1. The van der Waals surface area contributed by atoms with E-state index in [0.29, 0.717) is 0 Å². The van der Waals surface area contributed by atoms with Crippen LogP contribution in [0.4, 0.5) is 5.69 Å². The van der Waals surface area contributed by atoms with Crippen molar-refractivity contribution in [2.75, 3.05) is 5.32 Å². The van der Waals surface area contributed by atoms with Crippen LogP contribution in [-0.2, 0) is 4.79 Å². The van der Waals surface area contributed by atoms with E-state index in [-0.39, 0.29) is 0 Å². The summed E-state index contributed by atoms with van der Waals surface area (Å²) in [4.78, 5) is 11.7. The number of benzene rings is 2. The molecule has 98 valence electrons. The van der Waals surface area contributed by atoms with Crippen LogP contribution in [0, 0.1) is 6.92 Å². The zero-order chi connectivity index (χ0) is 13.8. The lowest BCUT2D eigenvalue weighted by atomic mass is 10.1. The van der Waals surface area contributed by atoms with Gasteiger partial charge in [0.25, 0.3) is 0 Å². The summed E-state index contributed by atoms with van der Waals surface area (Å²) in [7, 11) is 0. The summed E-state index contributed by atoms with van der Waals surface area (Å²) in [6, 6.07) is 14.8. The van der Waals surface area contributed by atoms with E-state index in [4.69, 9.17) is 5.73 Å². The Balaban J connectivity index is 2.29. The molecule has 2 rings (SSSR count). The monoisotopic (exact) mass is 318 g/mol. The molecular formula is C15H15BrN2O. The standard InChI is InChI=1S/C15H15BrN2O/c1-10-6-8-11(9-7-10)18-14(15(17)19)12-4-2-3-5-13(12)16/h2-9,14,18H,1H3,(H2,17,19). The number of carbonyl (C=O) groups is 1. The fraction of sp³-hybridized carbons (Fsp3) is 0.133. The first-order chi connectivity index (χ1) is 9.08. The van der Waals surface area contributed by atoms with Gasteiger partial charge in [-0.1, -0.05) is 51.8 Å². The SMILES string of the molecule is Cc1ccc(NC(C(N)=O)c2ccccc2Br)cc1. The van der Waals surface area contributed by atoms with Gasteiger partial charge in [-0.15, -0.1) is 0 Å². The molecule has 0 spiro atoms. The molecular weight excluding hydrogens is 304 g/mol. The maximum absolute atomic E-state index is 11.7. The van der Waals surface area contributed by atoms with Crippen LogP contribution in [0.5, 0.6) is 0 Å². The second kappa shape index (κ2) is 5.89. The number of hydrogen-bond donors (Lipinski definition) is 2. The van der Waals surface area contributed by atoms with Gasteiger partial charge in [-0.05, 0) is 30.7 Å². The highest BCUT2D eigenvalue weighted by Crippen LogP contribution is 2.26. The molecule has 0 radical (unpaired) electrons. The second-order valence-electron chi connectivity index (χ2n) is 4.37.